The van der Waals surface area contributed by atoms with Crippen LogP contribution in [0.5, 0.6) is 0 Å². The zero-order valence-corrected chi connectivity index (χ0v) is 11.1. The Hall–Kier alpha value is -1.45. The van der Waals surface area contributed by atoms with Crippen LogP contribution in [0.25, 0.3) is 11.0 Å². The molecular weight excluding hydrogens is 288 g/mol. The number of ether oxygens (including phenoxy) is 1. The maximum Gasteiger partial charge on any atom is 0.151 e. The number of aromatic amines is 1. The Labute approximate surface area is 120 Å². The summed E-state index contributed by atoms with van der Waals surface area (Å²) in [6.45, 7) is -0.367. The third-order valence-electron chi connectivity index (χ3n) is 3.37. The van der Waals surface area contributed by atoms with Crippen LogP contribution in [0.4, 0.5) is 5.82 Å². The molecule has 0 saturated carbocycles. The fourth-order valence-electron chi connectivity index (χ4n) is 2.35. The molecule has 3 heterocycles. The van der Waals surface area contributed by atoms with Crippen molar-refractivity contribution in [2.24, 2.45) is 0 Å². The fourth-order valence-corrected chi connectivity index (χ4v) is 2.35. The van der Waals surface area contributed by atoms with Crippen molar-refractivity contribution in [2.75, 3.05) is 12.3 Å². The molecule has 1 saturated heterocycles. The van der Waals surface area contributed by atoms with Gasteiger partial charge in [0.25, 0.3) is 0 Å². The smallest absolute Gasteiger partial charge is 0.151 e. The van der Waals surface area contributed by atoms with Gasteiger partial charge in [-0.3, -0.25) is 0 Å². The number of anilines is 1. The number of H-pyrrole nitrogens is 1. The Morgan fingerprint density at radius 3 is 2.70 bits per heavy atom. The summed E-state index contributed by atoms with van der Waals surface area (Å²) in [6.07, 6.45) is -0.933. The Kier molecular flexibility index (Phi) is 4.11. The van der Waals surface area contributed by atoms with Gasteiger partial charge in [-0.05, 0) is 0 Å². The van der Waals surface area contributed by atoms with E-state index in [2.05, 4.69) is 15.0 Å². The third-order valence-corrected chi connectivity index (χ3v) is 3.37. The van der Waals surface area contributed by atoms with Gasteiger partial charge in [-0.1, -0.05) is 0 Å². The predicted octanol–water partition coefficient (Wildman–Crippen LogP) is -0.884. The first kappa shape index (κ1) is 14.9. The van der Waals surface area contributed by atoms with Gasteiger partial charge in [0.05, 0.1) is 12.1 Å². The number of halogens is 1. The number of rotatable bonds is 2. The summed E-state index contributed by atoms with van der Waals surface area (Å²) < 4.78 is 5.46. The number of aliphatic hydroxyl groups excluding tert-OH is 3. The molecule has 0 amide bonds. The second-order valence-electron chi connectivity index (χ2n) is 4.49. The van der Waals surface area contributed by atoms with E-state index in [-0.39, 0.29) is 19.0 Å². The molecule has 1 aliphatic rings. The summed E-state index contributed by atoms with van der Waals surface area (Å²) in [4.78, 5) is 10.9. The van der Waals surface area contributed by atoms with Gasteiger partial charge in [-0.2, -0.15) is 0 Å². The van der Waals surface area contributed by atoms with Crippen LogP contribution in [-0.2, 0) is 4.74 Å². The maximum absolute atomic E-state index is 9.98. The molecule has 20 heavy (non-hydrogen) atoms. The highest BCUT2D eigenvalue weighted by atomic mass is 35.5. The predicted molar refractivity (Wildman–Crippen MR) is 72.3 cm³/mol. The van der Waals surface area contributed by atoms with Gasteiger partial charge < -0.3 is 30.8 Å². The molecule has 6 N–H and O–H groups in total. The molecule has 4 atom stereocenters. The van der Waals surface area contributed by atoms with E-state index < -0.39 is 24.4 Å². The summed E-state index contributed by atoms with van der Waals surface area (Å²) in [6, 6.07) is 0. The lowest BCUT2D eigenvalue weighted by atomic mass is 10.0. The van der Waals surface area contributed by atoms with Crippen LogP contribution < -0.4 is 5.73 Å². The SMILES string of the molecule is Cl.Nc1ncnc2c([C@@H]3O[C@H](CO)[C@@H](O)[C@H]3O)c[nH]c12. The monoisotopic (exact) mass is 302 g/mol. The normalized spacial score (nSPS) is 29.6. The van der Waals surface area contributed by atoms with Crippen molar-refractivity contribution < 1.29 is 20.1 Å². The van der Waals surface area contributed by atoms with E-state index in [1.54, 1.807) is 6.20 Å². The van der Waals surface area contributed by atoms with E-state index in [0.29, 0.717) is 22.4 Å². The highest BCUT2D eigenvalue weighted by Crippen LogP contribution is 2.36. The average molecular weight is 303 g/mol. The lowest BCUT2D eigenvalue weighted by molar-refractivity contribution is -0.0224. The van der Waals surface area contributed by atoms with Gasteiger partial charge in [0.2, 0.25) is 0 Å². The molecule has 1 fully saturated rings. The summed E-state index contributed by atoms with van der Waals surface area (Å²) in [5.74, 6) is 0.294. The van der Waals surface area contributed by atoms with Crippen LogP contribution in [0.15, 0.2) is 12.5 Å². The minimum atomic E-state index is -1.14. The van der Waals surface area contributed by atoms with Crippen molar-refractivity contribution in [3.63, 3.8) is 0 Å². The first-order chi connectivity index (χ1) is 9.13. The number of aliphatic hydroxyl groups is 3. The van der Waals surface area contributed by atoms with E-state index in [1.807, 2.05) is 0 Å². The van der Waals surface area contributed by atoms with Crippen LogP contribution in [0, 0.1) is 0 Å². The van der Waals surface area contributed by atoms with Crippen molar-refractivity contribution in [2.45, 2.75) is 24.4 Å². The first-order valence-corrected chi connectivity index (χ1v) is 5.83. The standard InChI is InChI=1S/C11H14N4O4.ClH/c12-11-7-6(14-3-15-11)4(1-13-7)10-9(18)8(17)5(2-16)19-10;/h1,3,5,8-10,13,16-18H,2H2,(H2,12,14,15);1H/t5-,8-,9-,10+;/m1./s1. The number of nitrogens with one attached hydrogen (secondary N) is 1. The number of nitrogens with two attached hydrogens (primary N) is 1. The highest BCUT2D eigenvalue weighted by Gasteiger charge is 2.44. The lowest BCUT2D eigenvalue weighted by Gasteiger charge is -2.13. The van der Waals surface area contributed by atoms with E-state index in [9.17, 15) is 10.2 Å². The zero-order valence-electron chi connectivity index (χ0n) is 10.3. The van der Waals surface area contributed by atoms with Crippen LogP contribution in [0.3, 0.4) is 0 Å². The average Bonchev–Trinajstić information content (AvgIpc) is 2.94. The summed E-state index contributed by atoms with van der Waals surface area (Å²) in [5, 5.41) is 28.8. The molecule has 0 aliphatic carbocycles. The van der Waals surface area contributed by atoms with Crippen molar-refractivity contribution in [1.29, 1.82) is 0 Å². The van der Waals surface area contributed by atoms with Gasteiger partial charge in [0.15, 0.2) is 5.82 Å². The minimum Gasteiger partial charge on any atom is -0.394 e. The number of hydrogen-bond donors (Lipinski definition) is 5. The fraction of sp³-hybridized carbons (Fsp3) is 0.455. The molecular formula is C11H15ClN4O4. The molecule has 0 radical (unpaired) electrons. The molecule has 2 aromatic heterocycles. The molecule has 110 valence electrons. The lowest BCUT2D eigenvalue weighted by Crippen LogP contribution is -2.32. The van der Waals surface area contributed by atoms with Crippen LogP contribution in [0.2, 0.25) is 0 Å². The highest BCUT2D eigenvalue weighted by molar-refractivity contribution is 5.87. The van der Waals surface area contributed by atoms with E-state index in [4.69, 9.17) is 15.6 Å². The Bertz CT molecular complexity index is 607. The third kappa shape index (κ3) is 2.11. The molecule has 2 aromatic rings. The number of nitrogens with zero attached hydrogens (tertiary/aromatic N) is 2. The van der Waals surface area contributed by atoms with Crippen LogP contribution in [-0.4, -0.2) is 55.2 Å². The second kappa shape index (κ2) is 5.51. The number of fused-ring (bicyclic) bond motifs is 1. The molecule has 0 spiro atoms. The Morgan fingerprint density at radius 1 is 1.30 bits per heavy atom. The summed E-state index contributed by atoms with van der Waals surface area (Å²) >= 11 is 0. The van der Waals surface area contributed by atoms with Gasteiger partial charge in [0, 0.05) is 11.8 Å². The van der Waals surface area contributed by atoms with Crippen molar-refractivity contribution in [1.82, 2.24) is 15.0 Å². The summed E-state index contributed by atoms with van der Waals surface area (Å²) in [5.41, 5.74) is 7.37. The topological polar surface area (TPSA) is 138 Å². The van der Waals surface area contributed by atoms with Gasteiger partial charge in [0.1, 0.15) is 36.3 Å². The summed E-state index contributed by atoms with van der Waals surface area (Å²) in [7, 11) is 0. The molecule has 9 heteroatoms. The number of hydrogen-bond acceptors (Lipinski definition) is 7. The van der Waals surface area contributed by atoms with Gasteiger partial charge in [-0.25, -0.2) is 9.97 Å². The van der Waals surface area contributed by atoms with E-state index >= 15 is 0 Å². The quantitative estimate of drug-likeness (QED) is 0.485. The minimum absolute atomic E-state index is 0. The van der Waals surface area contributed by atoms with Gasteiger partial charge in [-0.15, -0.1) is 12.4 Å². The number of nitrogen functional groups attached to an aromatic ring is 1. The Balaban J connectivity index is 0.00000147. The van der Waals surface area contributed by atoms with E-state index in [0.717, 1.165) is 0 Å². The Morgan fingerprint density at radius 2 is 2.05 bits per heavy atom. The molecule has 0 unspecified atom stereocenters. The first-order valence-electron chi connectivity index (χ1n) is 5.83. The van der Waals surface area contributed by atoms with Crippen LogP contribution in [0.1, 0.15) is 11.7 Å². The molecule has 1 aliphatic heterocycles. The van der Waals surface area contributed by atoms with Gasteiger partial charge >= 0.3 is 0 Å². The van der Waals surface area contributed by atoms with Crippen molar-refractivity contribution in [3.8, 4) is 0 Å². The number of aromatic nitrogens is 3. The molecule has 3 rings (SSSR count). The molecule has 8 nitrogen and oxygen atoms in total. The zero-order chi connectivity index (χ0) is 13.6. The van der Waals surface area contributed by atoms with E-state index in [1.165, 1.54) is 6.33 Å². The molecule has 0 aromatic carbocycles. The molecule has 0 bridgehead atoms. The largest absolute Gasteiger partial charge is 0.394 e. The van der Waals surface area contributed by atoms with Crippen molar-refractivity contribution >= 4 is 29.3 Å². The second-order valence-corrected chi connectivity index (χ2v) is 4.49. The van der Waals surface area contributed by atoms with Crippen molar-refractivity contribution in [3.05, 3.63) is 18.1 Å². The van der Waals surface area contributed by atoms with Crippen LogP contribution >= 0.6 is 12.4 Å². The maximum atomic E-state index is 9.98.